The summed E-state index contributed by atoms with van der Waals surface area (Å²) in [6.07, 6.45) is 0. The first-order valence-electron chi connectivity index (χ1n) is 12.9. The molecule has 0 spiro atoms. The second-order valence-electron chi connectivity index (χ2n) is 9.65. The molecule has 0 saturated carbocycles. The Kier molecular flexibility index (Phi) is 4.52. The summed E-state index contributed by atoms with van der Waals surface area (Å²) in [6, 6.07) is 49.3. The number of benzene rings is 5. The van der Waals surface area contributed by atoms with Crippen LogP contribution >= 0.6 is 0 Å². The molecule has 3 heteroatoms. The standard InChI is InChI=1S/C35H23N3/c1-3-12-24(13-4-1)37-32-20-9-7-16-26(32)28-18-11-19-30(34(28)37)31-23-22-29-27-17-8-10-21-33(27)38(35(29)36-31)25-14-5-2-6-15-25/h1-23H. The van der Waals surface area contributed by atoms with Gasteiger partial charge in [-0.1, -0.05) is 91.0 Å². The van der Waals surface area contributed by atoms with Gasteiger partial charge in [-0.15, -0.1) is 0 Å². The number of hydrogen-bond acceptors (Lipinski definition) is 1. The van der Waals surface area contributed by atoms with Crippen molar-refractivity contribution in [3.05, 3.63) is 140 Å². The number of nitrogens with zero attached hydrogens (tertiary/aromatic N) is 3. The third kappa shape index (κ3) is 2.99. The molecule has 0 aliphatic carbocycles. The molecule has 178 valence electrons. The van der Waals surface area contributed by atoms with E-state index in [9.17, 15) is 0 Å². The summed E-state index contributed by atoms with van der Waals surface area (Å²) in [6.45, 7) is 0. The van der Waals surface area contributed by atoms with Crippen LogP contribution in [-0.2, 0) is 0 Å². The molecule has 0 radical (unpaired) electrons. The minimum absolute atomic E-state index is 0.961. The van der Waals surface area contributed by atoms with E-state index in [-0.39, 0.29) is 0 Å². The molecular weight excluding hydrogens is 462 g/mol. The van der Waals surface area contributed by atoms with Gasteiger partial charge in [0.1, 0.15) is 5.65 Å². The van der Waals surface area contributed by atoms with Gasteiger partial charge in [-0.05, 0) is 48.5 Å². The highest BCUT2D eigenvalue weighted by Gasteiger charge is 2.19. The van der Waals surface area contributed by atoms with Gasteiger partial charge in [0.25, 0.3) is 0 Å². The van der Waals surface area contributed by atoms with Crippen LogP contribution in [0.2, 0.25) is 0 Å². The average Bonchev–Trinajstić information content (AvgIpc) is 3.51. The van der Waals surface area contributed by atoms with Crippen molar-refractivity contribution < 1.29 is 0 Å². The van der Waals surface area contributed by atoms with Crippen LogP contribution in [0, 0.1) is 0 Å². The summed E-state index contributed by atoms with van der Waals surface area (Å²) < 4.78 is 4.65. The second kappa shape index (κ2) is 8.19. The molecule has 0 fully saturated rings. The number of rotatable bonds is 3. The van der Waals surface area contributed by atoms with Gasteiger partial charge in [-0.3, -0.25) is 4.57 Å². The molecular formula is C35H23N3. The van der Waals surface area contributed by atoms with Gasteiger partial charge in [-0.2, -0.15) is 0 Å². The van der Waals surface area contributed by atoms with Crippen molar-refractivity contribution in [1.29, 1.82) is 0 Å². The molecule has 5 aromatic carbocycles. The highest BCUT2D eigenvalue weighted by molar-refractivity contribution is 6.14. The van der Waals surface area contributed by atoms with E-state index in [0.29, 0.717) is 0 Å². The second-order valence-corrected chi connectivity index (χ2v) is 9.65. The summed E-state index contributed by atoms with van der Waals surface area (Å²) in [5.41, 5.74) is 8.84. The van der Waals surface area contributed by atoms with Crippen LogP contribution in [0.15, 0.2) is 140 Å². The Morgan fingerprint density at radius 1 is 0.395 bits per heavy atom. The topological polar surface area (TPSA) is 22.8 Å². The van der Waals surface area contributed by atoms with Crippen LogP contribution in [0.5, 0.6) is 0 Å². The molecule has 38 heavy (non-hydrogen) atoms. The SMILES string of the molecule is c1ccc(-n2c3ccccc3c3ccc(-c4cccc5c6ccccc6n(-c6ccccc6)c45)nc32)cc1. The first-order valence-corrected chi connectivity index (χ1v) is 12.9. The number of para-hydroxylation sites is 5. The van der Waals surface area contributed by atoms with Gasteiger partial charge < -0.3 is 4.57 Å². The lowest BCUT2D eigenvalue weighted by molar-refractivity contribution is 1.13. The maximum absolute atomic E-state index is 5.36. The van der Waals surface area contributed by atoms with Crippen LogP contribution in [-0.4, -0.2) is 14.1 Å². The predicted octanol–water partition coefficient (Wildman–Crippen LogP) is 8.94. The van der Waals surface area contributed by atoms with E-state index in [1.807, 2.05) is 0 Å². The fraction of sp³-hybridized carbons (Fsp3) is 0. The van der Waals surface area contributed by atoms with Crippen LogP contribution in [0.1, 0.15) is 0 Å². The summed E-state index contributed by atoms with van der Waals surface area (Å²) >= 11 is 0. The minimum atomic E-state index is 0.961. The lowest BCUT2D eigenvalue weighted by Crippen LogP contribution is -1.98. The minimum Gasteiger partial charge on any atom is -0.309 e. The Morgan fingerprint density at radius 2 is 0.947 bits per heavy atom. The van der Waals surface area contributed by atoms with Crippen LogP contribution < -0.4 is 0 Å². The zero-order valence-electron chi connectivity index (χ0n) is 20.6. The van der Waals surface area contributed by atoms with Crippen molar-refractivity contribution in [3.63, 3.8) is 0 Å². The average molecular weight is 486 g/mol. The van der Waals surface area contributed by atoms with Crippen molar-refractivity contribution in [2.24, 2.45) is 0 Å². The van der Waals surface area contributed by atoms with E-state index in [1.165, 1.54) is 27.2 Å². The maximum Gasteiger partial charge on any atom is 0.146 e. The van der Waals surface area contributed by atoms with Crippen molar-refractivity contribution in [2.75, 3.05) is 0 Å². The largest absolute Gasteiger partial charge is 0.309 e. The van der Waals surface area contributed by atoms with Crippen LogP contribution in [0.3, 0.4) is 0 Å². The molecule has 0 aliphatic heterocycles. The van der Waals surface area contributed by atoms with Crippen molar-refractivity contribution in [2.45, 2.75) is 0 Å². The monoisotopic (exact) mass is 485 g/mol. The number of pyridine rings is 1. The third-order valence-corrected chi connectivity index (χ3v) is 7.52. The van der Waals surface area contributed by atoms with E-state index in [4.69, 9.17) is 4.98 Å². The molecule has 3 nitrogen and oxygen atoms in total. The molecule has 0 unspecified atom stereocenters. The van der Waals surface area contributed by atoms with Crippen molar-refractivity contribution in [3.8, 4) is 22.6 Å². The van der Waals surface area contributed by atoms with Gasteiger partial charge in [0, 0.05) is 38.5 Å². The number of aromatic nitrogens is 3. The van der Waals surface area contributed by atoms with E-state index in [1.54, 1.807) is 0 Å². The van der Waals surface area contributed by atoms with Gasteiger partial charge in [0.2, 0.25) is 0 Å². The van der Waals surface area contributed by atoms with Gasteiger partial charge in [-0.25, -0.2) is 4.98 Å². The molecule has 8 aromatic rings. The molecule has 0 bridgehead atoms. The Labute approximate surface area is 219 Å². The van der Waals surface area contributed by atoms with Crippen LogP contribution in [0.4, 0.5) is 0 Å². The molecule has 0 saturated heterocycles. The summed E-state index contributed by atoms with van der Waals surface area (Å²) in [4.78, 5) is 5.36. The normalized spacial score (nSPS) is 11.7. The highest BCUT2D eigenvalue weighted by atomic mass is 15.1. The number of hydrogen-bond donors (Lipinski definition) is 0. The van der Waals surface area contributed by atoms with Gasteiger partial charge >= 0.3 is 0 Å². The van der Waals surface area contributed by atoms with Gasteiger partial charge in [0.15, 0.2) is 0 Å². The molecule has 0 atom stereocenters. The smallest absolute Gasteiger partial charge is 0.146 e. The Morgan fingerprint density at radius 3 is 1.66 bits per heavy atom. The lowest BCUT2D eigenvalue weighted by Gasteiger charge is -2.12. The fourth-order valence-electron chi connectivity index (χ4n) is 5.90. The lowest BCUT2D eigenvalue weighted by atomic mass is 10.1. The molecule has 0 amide bonds. The Balaban J connectivity index is 1.48. The first-order chi connectivity index (χ1) is 18.9. The molecule has 3 aromatic heterocycles. The van der Waals surface area contributed by atoms with E-state index in [2.05, 4.69) is 149 Å². The number of fused-ring (bicyclic) bond motifs is 6. The Bertz CT molecular complexity index is 2120. The van der Waals surface area contributed by atoms with Crippen molar-refractivity contribution >= 4 is 43.7 Å². The summed E-state index contributed by atoms with van der Waals surface area (Å²) in [5.74, 6) is 0. The molecule has 0 N–H and O–H groups in total. The van der Waals surface area contributed by atoms with Crippen LogP contribution in [0.25, 0.3) is 66.4 Å². The summed E-state index contributed by atoms with van der Waals surface area (Å²) in [5, 5.41) is 4.84. The summed E-state index contributed by atoms with van der Waals surface area (Å²) in [7, 11) is 0. The van der Waals surface area contributed by atoms with E-state index in [0.717, 1.165) is 39.2 Å². The quantitative estimate of drug-likeness (QED) is 0.245. The molecule has 8 rings (SSSR count). The first kappa shape index (κ1) is 21.0. The van der Waals surface area contributed by atoms with Crippen molar-refractivity contribution in [1.82, 2.24) is 14.1 Å². The fourth-order valence-corrected chi connectivity index (χ4v) is 5.90. The van der Waals surface area contributed by atoms with E-state index >= 15 is 0 Å². The zero-order valence-corrected chi connectivity index (χ0v) is 20.6. The predicted molar refractivity (Wildman–Crippen MR) is 158 cm³/mol. The third-order valence-electron chi connectivity index (χ3n) is 7.52. The molecule has 3 heterocycles. The zero-order chi connectivity index (χ0) is 25.1. The highest BCUT2D eigenvalue weighted by Crippen LogP contribution is 2.39. The molecule has 0 aliphatic rings. The Hall–Kier alpha value is -5.15. The van der Waals surface area contributed by atoms with E-state index < -0.39 is 0 Å². The maximum atomic E-state index is 5.36. The van der Waals surface area contributed by atoms with Gasteiger partial charge in [0.05, 0.1) is 22.2 Å².